The maximum atomic E-state index is 13.6. The second-order valence-electron chi connectivity index (χ2n) is 7.75. The van der Waals surface area contributed by atoms with Crippen LogP contribution in [0.4, 0.5) is 0 Å². The van der Waals surface area contributed by atoms with Gasteiger partial charge in [-0.25, -0.2) is 9.97 Å². The molecule has 0 amide bonds. The van der Waals surface area contributed by atoms with E-state index in [9.17, 15) is 4.79 Å². The van der Waals surface area contributed by atoms with Crippen molar-refractivity contribution in [3.63, 3.8) is 0 Å². The Balaban J connectivity index is 1.54. The van der Waals surface area contributed by atoms with E-state index >= 15 is 0 Å². The topological polar surface area (TPSA) is 63.6 Å². The molecule has 5 nitrogen and oxygen atoms in total. The van der Waals surface area contributed by atoms with Gasteiger partial charge in [0.25, 0.3) is 5.56 Å². The number of fused-ring (bicyclic) bond motifs is 2. The van der Waals surface area contributed by atoms with Gasteiger partial charge in [0, 0.05) is 14.7 Å². The number of nitrogens with zero attached hydrogens (tertiary/aromatic N) is 3. The number of rotatable bonds is 3. The van der Waals surface area contributed by atoms with Gasteiger partial charge < -0.3 is 4.98 Å². The minimum absolute atomic E-state index is 0.0890. The second-order valence-corrected chi connectivity index (χ2v) is 9.00. The van der Waals surface area contributed by atoms with E-state index in [-0.39, 0.29) is 5.56 Å². The van der Waals surface area contributed by atoms with Crippen molar-refractivity contribution in [1.29, 1.82) is 0 Å². The van der Waals surface area contributed by atoms with Gasteiger partial charge in [-0.2, -0.15) is 0 Å². The summed E-state index contributed by atoms with van der Waals surface area (Å²) in [5.41, 5.74) is 5.11. The van der Waals surface area contributed by atoms with Crippen LogP contribution < -0.4 is 5.56 Å². The molecule has 0 aliphatic carbocycles. The SMILES string of the molecule is O=c1c2cc(I)ccc2nc(-c2ccccc2)n1-c1ccc(-c2nc3ccccc3[nH]2)cc1. The Morgan fingerprint density at radius 1 is 0.727 bits per heavy atom. The molecule has 0 spiro atoms. The van der Waals surface area contributed by atoms with Crippen molar-refractivity contribution in [2.24, 2.45) is 0 Å². The van der Waals surface area contributed by atoms with E-state index in [0.717, 1.165) is 37.2 Å². The van der Waals surface area contributed by atoms with Gasteiger partial charge in [0.2, 0.25) is 0 Å². The lowest BCUT2D eigenvalue weighted by Gasteiger charge is -2.14. The van der Waals surface area contributed by atoms with Gasteiger partial charge in [-0.3, -0.25) is 9.36 Å². The number of halogens is 1. The smallest absolute Gasteiger partial charge is 0.266 e. The molecule has 6 heteroatoms. The lowest BCUT2D eigenvalue weighted by Crippen LogP contribution is -2.22. The molecule has 0 saturated heterocycles. The van der Waals surface area contributed by atoms with E-state index in [1.165, 1.54) is 0 Å². The van der Waals surface area contributed by atoms with Gasteiger partial charge in [0.05, 0.1) is 27.6 Å². The summed E-state index contributed by atoms with van der Waals surface area (Å²) in [6.45, 7) is 0. The molecule has 1 N–H and O–H groups in total. The summed E-state index contributed by atoms with van der Waals surface area (Å²) < 4.78 is 2.69. The van der Waals surface area contributed by atoms with E-state index in [1.54, 1.807) is 4.57 Å². The number of hydrogen-bond acceptors (Lipinski definition) is 3. The number of hydrogen-bond donors (Lipinski definition) is 1. The maximum absolute atomic E-state index is 13.6. The molecule has 0 unspecified atom stereocenters. The Bertz CT molecular complexity index is 1650. The van der Waals surface area contributed by atoms with Crippen molar-refractivity contribution in [3.8, 4) is 28.5 Å². The third kappa shape index (κ3) is 3.52. The Morgan fingerprint density at radius 3 is 2.27 bits per heavy atom. The van der Waals surface area contributed by atoms with Gasteiger partial charge in [0.1, 0.15) is 11.6 Å². The van der Waals surface area contributed by atoms with Crippen LogP contribution in [0, 0.1) is 3.57 Å². The monoisotopic (exact) mass is 540 g/mol. The molecule has 0 bridgehead atoms. The zero-order chi connectivity index (χ0) is 22.4. The molecule has 4 aromatic carbocycles. The molecule has 0 aliphatic rings. The van der Waals surface area contributed by atoms with Crippen molar-refractivity contribution in [2.45, 2.75) is 0 Å². The maximum Gasteiger partial charge on any atom is 0.266 e. The number of nitrogens with one attached hydrogen (secondary N) is 1. The highest BCUT2D eigenvalue weighted by molar-refractivity contribution is 14.1. The van der Waals surface area contributed by atoms with E-state index in [4.69, 9.17) is 4.98 Å². The predicted molar refractivity (Wildman–Crippen MR) is 141 cm³/mol. The first-order chi connectivity index (χ1) is 16.2. The molecule has 158 valence electrons. The Labute approximate surface area is 202 Å². The van der Waals surface area contributed by atoms with Crippen LogP contribution >= 0.6 is 22.6 Å². The zero-order valence-electron chi connectivity index (χ0n) is 17.4. The number of benzene rings is 4. The quantitative estimate of drug-likeness (QED) is 0.272. The third-order valence-electron chi connectivity index (χ3n) is 5.65. The van der Waals surface area contributed by atoms with E-state index in [0.29, 0.717) is 16.7 Å². The summed E-state index contributed by atoms with van der Waals surface area (Å²) in [4.78, 5) is 26.6. The third-order valence-corrected chi connectivity index (χ3v) is 6.32. The Morgan fingerprint density at radius 2 is 1.48 bits per heavy atom. The van der Waals surface area contributed by atoms with Crippen LogP contribution in [-0.2, 0) is 0 Å². The van der Waals surface area contributed by atoms with Crippen LogP contribution in [0.15, 0.2) is 102 Å². The van der Waals surface area contributed by atoms with E-state index < -0.39 is 0 Å². The standard InChI is InChI=1S/C27H17IN4O/c28-19-12-15-22-21(16-19)27(33)32(26(31-22)18-6-2-1-3-7-18)20-13-10-17(11-14-20)25-29-23-8-4-5-9-24(23)30-25/h1-16H,(H,29,30). The van der Waals surface area contributed by atoms with E-state index in [1.807, 2.05) is 97.1 Å². The molecule has 6 rings (SSSR count). The highest BCUT2D eigenvalue weighted by Gasteiger charge is 2.15. The number of H-pyrrole nitrogens is 1. The van der Waals surface area contributed by atoms with Crippen LogP contribution in [-0.4, -0.2) is 19.5 Å². The fraction of sp³-hybridized carbons (Fsp3) is 0. The van der Waals surface area contributed by atoms with Crippen molar-refractivity contribution in [2.75, 3.05) is 0 Å². The molecular weight excluding hydrogens is 523 g/mol. The minimum atomic E-state index is -0.0890. The van der Waals surface area contributed by atoms with Crippen LogP contribution in [0.3, 0.4) is 0 Å². The highest BCUT2D eigenvalue weighted by atomic mass is 127. The van der Waals surface area contributed by atoms with Crippen LogP contribution in [0.1, 0.15) is 0 Å². The molecule has 2 aromatic heterocycles. The normalized spacial score (nSPS) is 11.3. The number of imidazole rings is 1. The van der Waals surface area contributed by atoms with Crippen molar-refractivity contribution in [1.82, 2.24) is 19.5 Å². The predicted octanol–water partition coefficient (Wildman–Crippen LogP) is 6.20. The molecule has 0 radical (unpaired) electrons. The van der Waals surface area contributed by atoms with Crippen molar-refractivity contribution in [3.05, 3.63) is 111 Å². The first-order valence-corrected chi connectivity index (χ1v) is 11.6. The molecule has 0 fully saturated rings. The first kappa shape index (κ1) is 19.9. The van der Waals surface area contributed by atoms with Gasteiger partial charge in [-0.15, -0.1) is 0 Å². The summed E-state index contributed by atoms with van der Waals surface area (Å²) in [5, 5.41) is 0.600. The lowest BCUT2D eigenvalue weighted by molar-refractivity contribution is 0.975. The molecule has 0 aliphatic heterocycles. The fourth-order valence-corrected chi connectivity index (χ4v) is 4.53. The molecule has 2 heterocycles. The molecule has 0 atom stereocenters. The van der Waals surface area contributed by atoms with Crippen LogP contribution in [0.5, 0.6) is 0 Å². The van der Waals surface area contributed by atoms with Crippen LogP contribution in [0.2, 0.25) is 0 Å². The number of para-hydroxylation sites is 2. The zero-order valence-corrected chi connectivity index (χ0v) is 19.5. The second kappa shape index (κ2) is 7.97. The average molecular weight is 540 g/mol. The van der Waals surface area contributed by atoms with Gasteiger partial charge in [-0.1, -0.05) is 42.5 Å². The van der Waals surface area contributed by atoms with Crippen molar-refractivity contribution < 1.29 is 0 Å². The van der Waals surface area contributed by atoms with Gasteiger partial charge in [0.15, 0.2) is 0 Å². The minimum Gasteiger partial charge on any atom is -0.338 e. The first-order valence-electron chi connectivity index (χ1n) is 10.5. The lowest BCUT2D eigenvalue weighted by atomic mass is 10.1. The van der Waals surface area contributed by atoms with Crippen molar-refractivity contribution >= 4 is 44.5 Å². The van der Waals surface area contributed by atoms with Gasteiger partial charge in [-0.05, 0) is 77.2 Å². The molecule has 33 heavy (non-hydrogen) atoms. The summed E-state index contributed by atoms with van der Waals surface area (Å²) >= 11 is 2.22. The Kier molecular flexibility index (Phi) is 4.80. The summed E-state index contributed by atoms with van der Waals surface area (Å²) in [5.74, 6) is 1.41. The Hall–Kier alpha value is -3.78. The summed E-state index contributed by atoms with van der Waals surface area (Å²) in [6, 6.07) is 31.4. The number of aromatic amines is 1. The number of aromatic nitrogens is 4. The average Bonchev–Trinajstić information content (AvgIpc) is 3.29. The largest absolute Gasteiger partial charge is 0.338 e. The van der Waals surface area contributed by atoms with Gasteiger partial charge >= 0.3 is 0 Å². The summed E-state index contributed by atoms with van der Waals surface area (Å²) in [7, 11) is 0. The molecular formula is C27H17IN4O. The fourth-order valence-electron chi connectivity index (χ4n) is 4.04. The highest BCUT2D eigenvalue weighted by Crippen LogP contribution is 2.25. The molecule has 0 saturated carbocycles. The van der Waals surface area contributed by atoms with E-state index in [2.05, 4.69) is 32.6 Å². The summed E-state index contributed by atoms with van der Waals surface area (Å²) in [6.07, 6.45) is 0. The van der Waals surface area contributed by atoms with Crippen LogP contribution in [0.25, 0.3) is 50.4 Å². The molecule has 6 aromatic rings.